The summed E-state index contributed by atoms with van der Waals surface area (Å²) < 4.78 is 5.52. The molecule has 3 nitrogen and oxygen atoms in total. The van der Waals surface area contributed by atoms with E-state index in [9.17, 15) is 0 Å². The van der Waals surface area contributed by atoms with Gasteiger partial charge in [-0.2, -0.15) is 0 Å². The normalized spacial score (nSPS) is 23.8. The molecule has 0 amide bonds. The van der Waals surface area contributed by atoms with E-state index in [0.29, 0.717) is 11.2 Å². The molecule has 1 N–H and O–H groups in total. The van der Waals surface area contributed by atoms with Gasteiger partial charge in [-0.25, -0.2) is 0 Å². The van der Waals surface area contributed by atoms with E-state index < -0.39 is 0 Å². The molecule has 1 aliphatic carbocycles. The molecule has 3 heteroatoms. The fraction of sp³-hybridized carbons (Fsp3) is 0.692. The summed E-state index contributed by atoms with van der Waals surface area (Å²) in [4.78, 5) is 2.49. The zero-order valence-corrected chi connectivity index (χ0v) is 9.61. The van der Waals surface area contributed by atoms with E-state index in [-0.39, 0.29) is 6.61 Å². The largest absolute Gasteiger partial charge is 0.462 e. The number of rotatable bonds is 3. The van der Waals surface area contributed by atoms with Gasteiger partial charge < -0.3 is 9.52 Å². The molecule has 0 unspecified atom stereocenters. The van der Waals surface area contributed by atoms with E-state index in [2.05, 4.69) is 4.90 Å². The van der Waals surface area contributed by atoms with Gasteiger partial charge in [0.25, 0.3) is 0 Å². The maximum absolute atomic E-state index is 8.93. The molecule has 2 fully saturated rings. The van der Waals surface area contributed by atoms with Gasteiger partial charge in [-0.1, -0.05) is 6.42 Å². The zero-order valence-electron chi connectivity index (χ0n) is 9.61. The standard InChI is InChI=1S/C13H19NO2/c15-9-12-3-2-11(16-12)8-14-7-6-13(10-14)4-1-5-13/h2-3,15H,1,4-10H2. The highest BCUT2D eigenvalue weighted by Crippen LogP contribution is 2.48. The Morgan fingerprint density at radius 2 is 2.06 bits per heavy atom. The van der Waals surface area contributed by atoms with Crippen molar-refractivity contribution in [2.75, 3.05) is 13.1 Å². The Balaban J connectivity index is 1.59. The van der Waals surface area contributed by atoms with Gasteiger partial charge in [-0.3, -0.25) is 4.90 Å². The summed E-state index contributed by atoms with van der Waals surface area (Å²) in [6.07, 6.45) is 5.62. The highest BCUT2D eigenvalue weighted by atomic mass is 16.4. The molecule has 1 saturated heterocycles. The van der Waals surface area contributed by atoms with Crippen molar-refractivity contribution in [1.29, 1.82) is 0 Å². The van der Waals surface area contributed by atoms with E-state index in [4.69, 9.17) is 9.52 Å². The number of hydrogen-bond acceptors (Lipinski definition) is 3. The molecule has 1 aromatic heterocycles. The van der Waals surface area contributed by atoms with Gasteiger partial charge in [-0.05, 0) is 43.4 Å². The summed E-state index contributed by atoms with van der Waals surface area (Å²) in [5.74, 6) is 1.66. The fourth-order valence-electron chi connectivity index (χ4n) is 3.06. The van der Waals surface area contributed by atoms with Crippen LogP contribution in [-0.2, 0) is 13.2 Å². The van der Waals surface area contributed by atoms with E-state index in [1.807, 2.05) is 12.1 Å². The Hall–Kier alpha value is -0.800. The lowest BCUT2D eigenvalue weighted by Crippen LogP contribution is -2.32. The second-order valence-corrected chi connectivity index (χ2v) is 5.34. The first-order valence-corrected chi connectivity index (χ1v) is 6.21. The van der Waals surface area contributed by atoms with E-state index in [1.54, 1.807) is 0 Å². The van der Waals surface area contributed by atoms with Crippen molar-refractivity contribution < 1.29 is 9.52 Å². The van der Waals surface area contributed by atoms with Crippen molar-refractivity contribution >= 4 is 0 Å². The van der Waals surface area contributed by atoms with Crippen molar-refractivity contribution in [3.8, 4) is 0 Å². The molecule has 16 heavy (non-hydrogen) atoms. The molecule has 1 spiro atoms. The SMILES string of the molecule is OCc1ccc(CN2CCC3(CCC3)C2)o1. The van der Waals surface area contributed by atoms with Crippen LogP contribution in [0.25, 0.3) is 0 Å². The molecular formula is C13H19NO2. The first-order valence-electron chi connectivity index (χ1n) is 6.21. The molecular weight excluding hydrogens is 202 g/mol. The highest BCUT2D eigenvalue weighted by Gasteiger charge is 2.42. The molecule has 0 atom stereocenters. The van der Waals surface area contributed by atoms with Crippen molar-refractivity contribution in [1.82, 2.24) is 4.90 Å². The van der Waals surface area contributed by atoms with E-state index in [1.165, 1.54) is 38.8 Å². The maximum atomic E-state index is 8.93. The van der Waals surface area contributed by atoms with Gasteiger partial charge in [-0.15, -0.1) is 0 Å². The summed E-state index contributed by atoms with van der Waals surface area (Å²) in [5.41, 5.74) is 0.659. The molecule has 1 aliphatic heterocycles. The number of furan rings is 1. The molecule has 88 valence electrons. The van der Waals surface area contributed by atoms with Crippen molar-refractivity contribution in [2.45, 2.75) is 38.8 Å². The smallest absolute Gasteiger partial charge is 0.129 e. The van der Waals surface area contributed by atoms with Crippen LogP contribution < -0.4 is 0 Å². The molecule has 2 aliphatic rings. The molecule has 0 radical (unpaired) electrons. The average Bonchev–Trinajstić information content (AvgIpc) is 2.84. The lowest BCUT2D eigenvalue weighted by atomic mass is 9.68. The summed E-state index contributed by atoms with van der Waals surface area (Å²) in [6, 6.07) is 3.85. The van der Waals surface area contributed by atoms with Gasteiger partial charge in [0, 0.05) is 6.54 Å². The number of aliphatic hydroxyl groups excluding tert-OH is 1. The quantitative estimate of drug-likeness (QED) is 0.849. The number of nitrogens with zero attached hydrogens (tertiary/aromatic N) is 1. The minimum Gasteiger partial charge on any atom is -0.462 e. The van der Waals surface area contributed by atoms with Crippen molar-refractivity contribution in [3.05, 3.63) is 23.7 Å². The molecule has 2 heterocycles. The molecule has 3 rings (SSSR count). The second kappa shape index (κ2) is 3.90. The molecule has 1 aromatic rings. The number of hydrogen-bond donors (Lipinski definition) is 1. The Labute approximate surface area is 96.1 Å². The number of aliphatic hydroxyl groups is 1. The lowest BCUT2D eigenvalue weighted by molar-refractivity contribution is 0.134. The van der Waals surface area contributed by atoms with Crippen LogP contribution in [0.15, 0.2) is 16.5 Å². The second-order valence-electron chi connectivity index (χ2n) is 5.34. The van der Waals surface area contributed by atoms with E-state index >= 15 is 0 Å². The van der Waals surface area contributed by atoms with Crippen molar-refractivity contribution in [3.63, 3.8) is 0 Å². The Bertz CT molecular complexity index is 368. The van der Waals surface area contributed by atoms with Gasteiger partial charge in [0.05, 0.1) is 6.54 Å². The summed E-state index contributed by atoms with van der Waals surface area (Å²) in [5, 5.41) is 8.93. The van der Waals surface area contributed by atoms with Crippen LogP contribution in [0.3, 0.4) is 0 Å². The molecule has 0 bridgehead atoms. The van der Waals surface area contributed by atoms with Crippen LogP contribution >= 0.6 is 0 Å². The van der Waals surface area contributed by atoms with Crippen LogP contribution in [-0.4, -0.2) is 23.1 Å². The van der Waals surface area contributed by atoms with E-state index in [0.717, 1.165) is 12.3 Å². The zero-order chi connectivity index (χ0) is 11.0. The first kappa shape index (κ1) is 10.4. The average molecular weight is 221 g/mol. The predicted octanol–water partition coefficient (Wildman–Crippen LogP) is 2.15. The highest BCUT2D eigenvalue weighted by molar-refractivity contribution is 5.07. The number of likely N-dealkylation sites (tertiary alicyclic amines) is 1. The summed E-state index contributed by atoms with van der Waals surface area (Å²) in [7, 11) is 0. The summed E-state index contributed by atoms with van der Waals surface area (Å²) >= 11 is 0. The third kappa shape index (κ3) is 1.78. The van der Waals surface area contributed by atoms with Crippen LogP contribution in [0.4, 0.5) is 0 Å². The summed E-state index contributed by atoms with van der Waals surface area (Å²) in [6.45, 7) is 3.35. The van der Waals surface area contributed by atoms with Crippen LogP contribution in [0, 0.1) is 5.41 Å². The topological polar surface area (TPSA) is 36.6 Å². The van der Waals surface area contributed by atoms with Crippen LogP contribution in [0.2, 0.25) is 0 Å². The maximum Gasteiger partial charge on any atom is 0.129 e. The van der Waals surface area contributed by atoms with Gasteiger partial charge in [0.1, 0.15) is 18.1 Å². The van der Waals surface area contributed by atoms with Gasteiger partial charge in [0.2, 0.25) is 0 Å². The fourth-order valence-corrected chi connectivity index (χ4v) is 3.06. The predicted molar refractivity (Wildman–Crippen MR) is 60.8 cm³/mol. The van der Waals surface area contributed by atoms with Crippen LogP contribution in [0.5, 0.6) is 0 Å². The van der Waals surface area contributed by atoms with Crippen molar-refractivity contribution in [2.24, 2.45) is 5.41 Å². The minimum absolute atomic E-state index is 0.00391. The van der Waals surface area contributed by atoms with Crippen LogP contribution in [0.1, 0.15) is 37.2 Å². The third-order valence-corrected chi connectivity index (χ3v) is 4.18. The Kier molecular flexibility index (Phi) is 2.52. The molecule has 0 aromatic carbocycles. The molecule has 1 saturated carbocycles. The lowest BCUT2D eigenvalue weighted by Gasteiger charge is -2.38. The Morgan fingerprint density at radius 3 is 2.62 bits per heavy atom. The van der Waals surface area contributed by atoms with Gasteiger partial charge in [0.15, 0.2) is 0 Å². The minimum atomic E-state index is 0.00391. The first-order chi connectivity index (χ1) is 7.80. The Morgan fingerprint density at radius 1 is 1.25 bits per heavy atom. The van der Waals surface area contributed by atoms with Gasteiger partial charge >= 0.3 is 0 Å². The third-order valence-electron chi connectivity index (χ3n) is 4.18. The monoisotopic (exact) mass is 221 g/mol.